The smallest absolute Gasteiger partial charge is 0.279 e. The van der Waals surface area contributed by atoms with E-state index < -0.39 is 0 Å². The molecule has 23 heavy (non-hydrogen) atoms. The maximum absolute atomic E-state index is 12.4. The van der Waals surface area contributed by atoms with Crippen molar-refractivity contribution in [2.75, 3.05) is 0 Å². The zero-order valence-corrected chi connectivity index (χ0v) is 15.8. The zero-order chi connectivity index (χ0) is 16.4. The number of terminal acetylenes is 1. The van der Waals surface area contributed by atoms with Crippen molar-refractivity contribution in [1.82, 2.24) is 4.57 Å². The van der Waals surface area contributed by atoms with Crippen LogP contribution in [-0.4, -0.2) is 10.5 Å². The summed E-state index contributed by atoms with van der Waals surface area (Å²) in [4.78, 5) is 17.3. The van der Waals surface area contributed by atoms with Gasteiger partial charge in [-0.2, -0.15) is 4.99 Å². The van der Waals surface area contributed by atoms with Gasteiger partial charge in [-0.1, -0.05) is 55.2 Å². The molecule has 0 atom stereocenters. The minimum atomic E-state index is -0.289. The van der Waals surface area contributed by atoms with Gasteiger partial charge in [-0.15, -0.1) is 6.42 Å². The van der Waals surface area contributed by atoms with Crippen molar-refractivity contribution in [2.24, 2.45) is 4.99 Å². The summed E-state index contributed by atoms with van der Waals surface area (Å²) in [5.41, 5.74) is 1.50. The van der Waals surface area contributed by atoms with Crippen LogP contribution in [0.2, 0.25) is 0 Å². The summed E-state index contributed by atoms with van der Waals surface area (Å²) in [5.74, 6) is 2.33. The highest BCUT2D eigenvalue weighted by Gasteiger charge is 2.09. The number of halogens is 2. The Labute approximate surface area is 153 Å². The average molecular weight is 450 g/mol. The first-order valence-corrected chi connectivity index (χ1v) is 9.06. The molecule has 6 heteroatoms. The van der Waals surface area contributed by atoms with Gasteiger partial charge in [-0.3, -0.25) is 4.79 Å². The van der Waals surface area contributed by atoms with Crippen molar-refractivity contribution in [2.45, 2.75) is 6.54 Å². The number of fused-ring (bicyclic) bond motifs is 1. The van der Waals surface area contributed by atoms with Gasteiger partial charge >= 0.3 is 0 Å². The van der Waals surface area contributed by atoms with Gasteiger partial charge in [0.15, 0.2) is 4.80 Å². The molecule has 0 spiro atoms. The van der Waals surface area contributed by atoms with Gasteiger partial charge in [0.05, 0.1) is 16.8 Å². The van der Waals surface area contributed by atoms with Gasteiger partial charge in [0.25, 0.3) is 5.91 Å². The molecule has 114 valence electrons. The molecule has 0 aliphatic rings. The number of nitrogens with zero attached hydrogens (tertiary/aromatic N) is 2. The normalized spacial score (nSPS) is 11.6. The highest BCUT2D eigenvalue weighted by atomic mass is 79.9. The molecular weight excluding hydrogens is 440 g/mol. The lowest BCUT2D eigenvalue weighted by molar-refractivity contribution is 0.0998. The zero-order valence-electron chi connectivity index (χ0n) is 11.8. The molecule has 0 aliphatic heterocycles. The number of carbonyl (C=O) groups excluding carboxylic acids is 1. The van der Waals surface area contributed by atoms with E-state index in [1.54, 1.807) is 12.1 Å². The Kier molecular flexibility index (Phi) is 4.81. The number of aromatic nitrogens is 1. The number of benzene rings is 2. The quantitative estimate of drug-likeness (QED) is 0.526. The van der Waals surface area contributed by atoms with Crippen molar-refractivity contribution in [3.8, 4) is 12.3 Å². The molecule has 0 saturated heterocycles. The van der Waals surface area contributed by atoms with Crippen LogP contribution in [0.1, 0.15) is 10.4 Å². The van der Waals surface area contributed by atoms with Crippen molar-refractivity contribution < 1.29 is 4.79 Å². The van der Waals surface area contributed by atoms with Crippen molar-refractivity contribution in [3.63, 3.8) is 0 Å². The summed E-state index contributed by atoms with van der Waals surface area (Å²) >= 11 is 8.26. The average Bonchev–Trinajstić information content (AvgIpc) is 2.84. The Morgan fingerprint density at radius 3 is 2.74 bits per heavy atom. The lowest BCUT2D eigenvalue weighted by atomic mass is 10.2. The van der Waals surface area contributed by atoms with Gasteiger partial charge in [-0.25, -0.2) is 0 Å². The Balaban J connectivity index is 2.16. The monoisotopic (exact) mass is 448 g/mol. The topological polar surface area (TPSA) is 34.4 Å². The third-order valence-corrected chi connectivity index (χ3v) is 5.19. The number of hydrogen-bond acceptors (Lipinski definition) is 2. The molecule has 0 N–H and O–H groups in total. The molecule has 1 heterocycles. The third kappa shape index (κ3) is 3.47. The summed E-state index contributed by atoms with van der Waals surface area (Å²) in [6.45, 7) is 0.367. The molecular formula is C17H10Br2N2OS. The molecule has 0 saturated carbocycles. The van der Waals surface area contributed by atoms with Crippen LogP contribution in [0.25, 0.3) is 10.2 Å². The summed E-state index contributed by atoms with van der Waals surface area (Å²) in [5, 5.41) is 0. The lowest BCUT2D eigenvalue weighted by Crippen LogP contribution is -2.16. The minimum Gasteiger partial charge on any atom is -0.305 e. The number of amides is 1. The molecule has 3 aromatic rings. The predicted octanol–water partition coefficient (Wildman–Crippen LogP) is 4.60. The molecule has 3 rings (SSSR count). The van der Waals surface area contributed by atoms with Crippen LogP contribution in [0, 0.1) is 12.3 Å². The lowest BCUT2D eigenvalue weighted by Gasteiger charge is -2.00. The minimum absolute atomic E-state index is 0.289. The molecule has 0 bridgehead atoms. The van der Waals surface area contributed by atoms with Crippen LogP contribution in [0.5, 0.6) is 0 Å². The molecule has 0 unspecified atom stereocenters. The highest BCUT2D eigenvalue weighted by molar-refractivity contribution is 9.10. The summed E-state index contributed by atoms with van der Waals surface area (Å²) in [7, 11) is 0. The predicted molar refractivity (Wildman–Crippen MR) is 100 cm³/mol. The van der Waals surface area contributed by atoms with Crippen molar-refractivity contribution in [1.29, 1.82) is 0 Å². The summed E-state index contributed by atoms with van der Waals surface area (Å²) in [6, 6.07) is 13.1. The summed E-state index contributed by atoms with van der Waals surface area (Å²) < 4.78 is 4.72. The fraction of sp³-hybridized carbons (Fsp3) is 0.0588. The Bertz CT molecular complexity index is 1010. The summed E-state index contributed by atoms with van der Waals surface area (Å²) in [6.07, 6.45) is 5.46. The van der Waals surface area contributed by atoms with Crippen LogP contribution >= 0.6 is 43.2 Å². The van der Waals surface area contributed by atoms with E-state index in [-0.39, 0.29) is 5.91 Å². The second-order valence-corrected chi connectivity index (χ2v) is 7.55. The fourth-order valence-corrected chi connectivity index (χ4v) is 4.13. The van der Waals surface area contributed by atoms with E-state index in [0.717, 1.165) is 19.2 Å². The van der Waals surface area contributed by atoms with E-state index in [9.17, 15) is 4.79 Å². The van der Waals surface area contributed by atoms with Gasteiger partial charge in [0.2, 0.25) is 0 Å². The molecule has 1 amide bonds. The Hall–Kier alpha value is -1.68. The van der Waals surface area contributed by atoms with Gasteiger partial charge in [0, 0.05) is 14.5 Å². The number of hydrogen-bond donors (Lipinski definition) is 0. The molecule has 2 aromatic carbocycles. The van der Waals surface area contributed by atoms with E-state index >= 15 is 0 Å². The van der Waals surface area contributed by atoms with E-state index in [0.29, 0.717) is 16.9 Å². The maximum Gasteiger partial charge on any atom is 0.279 e. The van der Waals surface area contributed by atoms with Crippen LogP contribution in [0.3, 0.4) is 0 Å². The SMILES string of the molecule is C#CCn1c(=NC(=O)c2cccc(Br)c2)sc2cc(Br)ccc21. The fourth-order valence-electron chi connectivity index (χ4n) is 2.15. The highest BCUT2D eigenvalue weighted by Crippen LogP contribution is 2.22. The van der Waals surface area contributed by atoms with Crippen LogP contribution < -0.4 is 4.80 Å². The first-order valence-electron chi connectivity index (χ1n) is 6.65. The molecule has 1 aromatic heterocycles. The van der Waals surface area contributed by atoms with Gasteiger partial charge in [-0.05, 0) is 36.4 Å². The number of carbonyl (C=O) groups is 1. The molecule has 0 radical (unpaired) electrons. The van der Waals surface area contributed by atoms with Crippen LogP contribution in [-0.2, 0) is 6.54 Å². The van der Waals surface area contributed by atoms with Crippen LogP contribution in [0.15, 0.2) is 56.4 Å². The van der Waals surface area contributed by atoms with Crippen molar-refractivity contribution in [3.05, 3.63) is 61.8 Å². The second kappa shape index (κ2) is 6.83. The largest absolute Gasteiger partial charge is 0.305 e. The molecule has 3 nitrogen and oxygen atoms in total. The van der Waals surface area contributed by atoms with Gasteiger partial charge in [0.1, 0.15) is 0 Å². The van der Waals surface area contributed by atoms with Crippen LogP contribution in [0.4, 0.5) is 0 Å². The second-order valence-electron chi connectivity index (χ2n) is 4.71. The first kappa shape index (κ1) is 16.2. The Morgan fingerprint density at radius 1 is 1.22 bits per heavy atom. The third-order valence-electron chi connectivity index (χ3n) is 3.16. The van der Waals surface area contributed by atoms with Crippen molar-refractivity contribution >= 4 is 59.3 Å². The molecule has 0 fully saturated rings. The first-order chi connectivity index (χ1) is 11.1. The van der Waals surface area contributed by atoms with E-state index in [2.05, 4.69) is 42.8 Å². The standard InChI is InChI=1S/C17H10Br2N2OS/c1-2-8-21-14-7-6-13(19)10-15(14)23-17(21)20-16(22)11-4-3-5-12(18)9-11/h1,3-7,9-10H,8H2. The van der Waals surface area contributed by atoms with E-state index in [4.69, 9.17) is 6.42 Å². The molecule has 0 aliphatic carbocycles. The maximum atomic E-state index is 12.4. The Morgan fingerprint density at radius 2 is 2.00 bits per heavy atom. The van der Waals surface area contributed by atoms with Gasteiger partial charge < -0.3 is 4.57 Å². The van der Waals surface area contributed by atoms with E-state index in [1.165, 1.54) is 11.3 Å². The number of thiazole rings is 1. The van der Waals surface area contributed by atoms with E-state index in [1.807, 2.05) is 34.9 Å². The number of rotatable bonds is 2.